The van der Waals surface area contributed by atoms with E-state index in [9.17, 15) is 5.11 Å². The van der Waals surface area contributed by atoms with Crippen LogP contribution in [0, 0.1) is 11.8 Å². The Hall–Kier alpha value is -1.69. The summed E-state index contributed by atoms with van der Waals surface area (Å²) in [6, 6.07) is 7.92. The highest BCUT2D eigenvalue weighted by atomic mass is 28.4. The lowest BCUT2D eigenvalue weighted by Gasteiger charge is -2.53. The predicted molar refractivity (Wildman–Crippen MR) is 126 cm³/mol. The van der Waals surface area contributed by atoms with Crippen molar-refractivity contribution in [1.29, 1.82) is 0 Å². The first-order valence-corrected chi connectivity index (χ1v) is 14.1. The molecule has 5 atom stereocenters. The maximum atomic E-state index is 10.2. The molecule has 162 valence electrons. The topological polar surface area (TPSA) is 45.6 Å². The molecule has 4 nitrogen and oxygen atoms in total. The number of phenolic OH excluding ortho intramolecular Hbond substituents is 1. The van der Waals surface area contributed by atoms with E-state index >= 15 is 0 Å². The fourth-order valence-electron chi connectivity index (χ4n) is 4.94. The Morgan fingerprint density at radius 3 is 2.70 bits per heavy atom. The van der Waals surface area contributed by atoms with E-state index in [-0.39, 0.29) is 16.9 Å². The lowest BCUT2D eigenvalue weighted by molar-refractivity contribution is -0.0398. The van der Waals surface area contributed by atoms with E-state index in [0.717, 1.165) is 36.0 Å². The standard InChI is InChI=1S/C25H36N2O2Si/c1-7-17-16-27-13-11-18(17)14-23(27)24(29-30(5,6)25(2,3)4)20-10-12-26-22-9-8-19(28)15-21(20)22/h7-10,12,15,17-18,23-24,28H,1,11,13-14,16H2,2-6H3/t17-,18-,23+,24-/m0/s1. The number of nitrogens with zero attached hydrogens (tertiary/aromatic N) is 2. The van der Waals surface area contributed by atoms with Gasteiger partial charge in [-0.05, 0) is 79.2 Å². The minimum atomic E-state index is -2.02. The van der Waals surface area contributed by atoms with Gasteiger partial charge in [0, 0.05) is 24.2 Å². The van der Waals surface area contributed by atoms with Gasteiger partial charge in [0.2, 0.25) is 0 Å². The van der Waals surface area contributed by atoms with Crippen LogP contribution < -0.4 is 0 Å². The number of phenols is 1. The van der Waals surface area contributed by atoms with Crippen molar-refractivity contribution in [2.24, 2.45) is 11.8 Å². The average Bonchev–Trinajstić information content (AvgIpc) is 2.71. The SMILES string of the molecule is C=C[C@H]1CN2CC[C@H]1C[C@@H]2[C@@H](O[Si](C)(C)C(C)(C)C)c1ccnc2ccc(O)cc12. The monoisotopic (exact) mass is 424 g/mol. The van der Waals surface area contributed by atoms with Crippen molar-refractivity contribution in [3.05, 3.63) is 48.7 Å². The zero-order valence-electron chi connectivity index (χ0n) is 19.1. The van der Waals surface area contributed by atoms with E-state index in [4.69, 9.17) is 4.43 Å². The van der Waals surface area contributed by atoms with Crippen molar-refractivity contribution in [2.75, 3.05) is 13.1 Å². The van der Waals surface area contributed by atoms with E-state index in [2.05, 4.69) is 62.5 Å². The molecule has 2 bridgehead atoms. The van der Waals surface area contributed by atoms with E-state index in [1.807, 2.05) is 18.3 Å². The van der Waals surface area contributed by atoms with Crippen molar-refractivity contribution in [3.8, 4) is 5.75 Å². The van der Waals surface area contributed by atoms with Crippen LogP contribution >= 0.6 is 0 Å². The lowest BCUT2D eigenvalue weighted by atomic mass is 9.73. The van der Waals surface area contributed by atoms with Gasteiger partial charge in [-0.25, -0.2) is 0 Å². The molecule has 3 saturated heterocycles. The molecule has 0 saturated carbocycles. The molecule has 5 heteroatoms. The molecule has 5 rings (SSSR count). The fraction of sp³-hybridized carbons (Fsp3) is 0.560. The third kappa shape index (κ3) is 3.83. The summed E-state index contributed by atoms with van der Waals surface area (Å²) in [4.78, 5) is 7.17. The molecule has 0 radical (unpaired) electrons. The number of rotatable bonds is 5. The normalized spacial score (nSPS) is 27.9. The summed E-state index contributed by atoms with van der Waals surface area (Å²) in [7, 11) is -2.02. The van der Waals surface area contributed by atoms with Gasteiger partial charge in [0.15, 0.2) is 8.32 Å². The zero-order chi connectivity index (χ0) is 21.7. The van der Waals surface area contributed by atoms with Gasteiger partial charge >= 0.3 is 0 Å². The van der Waals surface area contributed by atoms with Gasteiger partial charge < -0.3 is 9.53 Å². The summed E-state index contributed by atoms with van der Waals surface area (Å²) < 4.78 is 7.16. The molecule has 30 heavy (non-hydrogen) atoms. The molecule has 1 unspecified atom stereocenters. The van der Waals surface area contributed by atoms with Crippen molar-refractivity contribution in [2.45, 2.75) is 63.9 Å². The van der Waals surface area contributed by atoms with Gasteiger partial charge in [-0.3, -0.25) is 9.88 Å². The van der Waals surface area contributed by atoms with Crippen molar-refractivity contribution < 1.29 is 9.53 Å². The largest absolute Gasteiger partial charge is 0.508 e. The number of piperidine rings is 3. The minimum Gasteiger partial charge on any atom is -0.508 e. The van der Waals surface area contributed by atoms with Crippen LogP contribution in [-0.2, 0) is 4.43 Å². The molecular formula is C25H36N2O2Si. The third-order valence-electron chi connectivity index (χ3n) is 7.80. The summed E-state index contributed by atoms with van der Waals surface area (Å²) in [5.41, 5.74) is 2.07. The molecule has 0 spiro atoms. The van der Waals surface area contributed by atoms with Crippen molar-refractivity contribution >= 4 is 19.2 Å². The third-order valence-corrected chi connectivity index (χ3v) is 12.3. The van der Waals surface area contributed by atoms with Crippen LogP contribution in [0.15, 0.2) is 43.1 Å². The van der Waals surface area contributed by atoms with Crippen molar-refractivity contribution in [1.82, 2.24) is 9.88 Å². The summed E-state index contributed by atoms with van der Waals surface area (Å²) in [6.45, 7) is 17.9. The maximum Gasteiger partial charge on any atom is 0.192 e. The Balaban J connectivity index is 1.80. The Bertz CT molecular complexity index is 936. The summed E-state index contributed by atoms with van der Waals surface area (Å²) >= 11 is 0. The van der Waals surface area contributed by atoms with Gasteiger partial charge in [-0.1, -0.05) is 26.8 Å². The molecule has 1 aromatic carbocycles. The fourth-order valence-corrected chi connectivity index (χ4v) is 6.21. The van der Waals surface area contributed by atoms with Crippen LogP contribution in [0.3, 0.4) is 0 Å². The minimum absolute atomic E-state index is 0.0215. The molecule has 1 aromatic heterocycles. The van der Waals surface area contributed by atoms with Crippen LogP contribution in [0.5, 0.6) is 5.75 Å². The highest BCUT2D eigenvalue weighted by Gasteiger charge is 2.47. The van der Waals surface area contributed by atoms with Crippen LogP contribution in [0.4, 0.5) is 0 Å². The van der Waals surface area contributed by atoms with E-state index in [1.54, 1.807) is 6.07 Å². The molecule has 0 amide bonds. The molecular weight excluding hydrogens is 388 g/mol. The van der Waals surface area contributed by atoms with Gasteiger partial charge in [0.25, 0.3) is 0 Å². The molecule has 1 N–H and O–H groups in total. The quantitative estimate of drug-likeness (QED) is 0.479. The average molecular weight is 425 g/mol. The predicted octanol–water partition coefficient (Wildman–Crippen LogP) is 5.90. The Morgan fingerprint density at radius 1 is 1.30 bits per heavy atom. The number of hydrogen-bond acceptors (Lipinski definition) is 4. The highest BCUT2D eigenvalue weighted by Crippen LogP contribution is 2.47. The van der Waals surface area contributed by atoms with Crippen LogP contribution in [0.2, 0.25) is 18.1 Å². The second kappa shape index (κ2) is 7.77. The second-order valence-corrected chi connectivity index (χ2v) is 15.4. The molecule has 4 heterocycles. The summed E-state index contributed by atoms with van der Waals surface area (Å²) in [5.74, 6) is 1.55. The number of hydrogen-bond donors (Lipinski definition) is 1. The number of aromatic hydroxyl groups is 1. The zero-order valence-corrected chi connectivity index (χ0v) is 20.1. The van der Waals surface area contributed by atoms with Gasteiger partial charge in [-0.2, -0.15) is 0 Å². The van der Waals surface area contributed by atoms with E-state index < -0.39 is 8.32 Å². The first kappa shape index (κ1) is 21.5. The second-order valence-electron chi connectivity index (χ2n) is 10.6. The first-order valence-electron chi connectivity index (χ1n) is 11.2. The Labute approximate surface area is 182 Å². The summed E-state index contributed by atoms with van der Waals surface area (Å²) in [6.07, 6.45) is 6.40. The molecule has 0 aliphatic carbocycles. The molecule has 3 fully saturated rings. The van der Waals surface area contributed by atoms with Crippen LogP contribution in [0.25, 0.3) is 10.9 Å². The number of fused-ring (bicyclic) bond motifs is 4. The van der Waals surface area contributed by atoms with E-state index in [0.29, 0.717) is 17.9 Å². The Morgan fingerprint density at radius 2 is 2.07 bits per heavy atom. The van der Waals surface area contributed by atoms with Gasteiger partial charge in [-0.15, -0.1) is 6.58 Å². The van der Waals surface area contributed by atoms with Crippen LogP contribution in [0.1, 0.15) is 45.3 Å². The van der Waals surface area contributed by atoms with Gasteiger partial charge in [0.1, 0.15) is 5.75 Å². The smallest absolute Gasteiger partial charge is 0.192 e. The van der Waals surface area contributed by atoms with Crippen LogP contribution in [-0.4, -0.2) is 42.4 Å². The number of benzene rings is 1. The summed E-state index contributed by atoms with van der Waals surface area (Å²) in [5, 5.41) is 11.3. The van der Waals surface area contributed by atoms with Crippen molar-refractivity contribution in [3.63, 3.8) is 0 Å². The highest BCUT2D eigenvalue weighted by molar-refractivity contribution is 6.74. The first-order chi connectivity index (χ1) is 14.1. The van der Waals surface area contributed by atoms with Gasteiger partial charge in [0.05, 0.1) is 11.6 Å². The van der Waals surface area contributed by atoms with E-state index in [1.165, 1.54) is 6.42 Å². The number of pyridine rings is 1. The number of aromatic nitrogens is 1. The molecule has 3 aliphatic rings. The molecule has 2 aromatic rings. The molecule has 3 aliphatic heterocycles. The lowest BCUT2D eigenvalue weighted by Crippen LogP contribution is -2.57. The maximum absolute atomic E-state index is 10.2. The Kier molecular flexibility index (Phi) is 5.58.